The number of ether oxygens (including phenoxy) is 1. The van der Waals surface area contributed by atoms with Crippen molar-refractivity contribution in [3.8, 4) is 0 Å². The van der Waals surface area contributed by atoms with E-state index in [1.165, 1.54) is 15.3 Å². The van der Waals surface area contributed by atoms with E-state index in [9.17, 15) is 18.0 Å². The van der Waals surface area contributed by atoms with Gasteiger partial charge in [0.2, 0.25) is 5.91 Å². The van der Waals surface area contributed by atoms with Gasteiger partial charge in [0.15, 0.2) is 0 Å². The van der Waals surface area contributed by atoms with E-state index < -0.39 is 12.1 Å². The number of carboxylic acid groups (broad SMARTS) is 1. The number of alkyl halides is 3. The third-order valence-corrected chi connectivity index (χ3v) is 5.33. The average Bonchev–Trinajstić information content (AvgIpc) is 3.27. The molecule has 1 atom stereocenters. The molecule has 1 amide bonds. The predicted molar refractivity (Wildman–Crippen MR) is 108 cm³/mol. The second kappa shape index (κ2) is 10.7. The lowest BCUT2D eigenvalue weighted by Gasteiger charge is -2.22. The molecule has 1 aliphatic heterocycles. The standard InChI is InChI=1S/C17H24N4O2S.C2HF3O2/c1-12-4-5-14(24-12)8-18-9-15-17-13(6-7-23-15)10-21(19-17)11-16(22)20(2)3;3-2(4,5)1(6)7/h4-5,10,15,18H,6-9,11H2,1-3H3;(H,6,7). The Bertz CT molecular complexity index is 895. The SMILES string of the molecule is Cc1ccc(CNCC2OCCc3cn(CC(=O)N(C)C)nc32)s1.O=C(O)C(F)(F)F. The van der Waals surface area contributed by atoms with E-state index >= 15 is 0 Å². The lowest BCUT2D eigenvalue weighted by Crippen LogP contribution is -2.28. The van der Waals surface area contributed by atoms with Crippen molar-refractivity contribution in [3.63, 3.8) is 0 Å². The topological polar surface area (TPSA) is 96.7 Å². The van der Waals surface area contributed by atoms with Gasteiger partial charge < -0.3 is 20.1 Å². The molecule has 0 aliphatic carbocycles. The maximum absolute atomic E-state index is 11.9. The van der Waals surface area contributed by atoms with E-state index in [-0.39, 0.29) is 18.6 Å². The first kappa shape index (κ1) is 24.8. The number of carbonyl (C=O) groups is 2. The second-order valence-corrected chi connectivity index (χ2v) is 8.45. The van der Waals surface area contributed by atoms with Crippen LogP contribution in [0.2, 0.25) is 0 Å². The number of likely N-dealkylation sites (N-methyl/N-ethyl adjacent to an activating group) is 1. The molecule has 8 nitrogen and oxygen atoms in total. The summed E-state index contributed by atoms with van der Waals surface area (Å²) in [6, 6.07) is 4.29. The minimum absolute atomic E-state index is 0.0403. The molecule has 2 aromatic heterocycles. The molecule has 3 rings (SSSR count). The molecular formula is C19H25F3N4O4S. The number of amides is 1. The van der Waals surface area contributed by atoms with Crippen LogP contribution < -0.4 is 5.32 Å². The Kier molecular flexibility index (Phi) is 8.60. The lowest BCUT2D eigenvalue weighted by molar-refractivity contribution is -0.192. The monoisotopic (exact) mass is 462 g/mol. The number of hydrogen-bond donors (Lipinski definition) is 2. The molecular weight excluding hydrogens is 437 g/mol. The van der Waals surface area contributed by atoms with Gasteiger partial charge in [0.1, 0.15) is 12.6 Å². The molecule has 0 saturated carbocycles. The van der Waals surface area contributed by atoms with Crippen molar-refractivity contribution in [2.24, 2.45) is 0 Å². The van der Waals surface area contributed by atoms with Crippen LogP contribution >= 0.6 is 11.3 Å². The molecule has 0 saturated heterocycles. The molecule has 2 aromatic rings. The number of carbonyl (C=O) groups excluding carboxylic acids is 1. The average molecular weight is 462 g/mol. The van der Waals surface area contributed by atoms with Gasteiger partial charge in [-0.25, -0.2) is 4.79 Å². The molecule has 1 unspecified atom stereocenters. The number of hydrogen-bond acceptors (Lipinski definition) is 6. The van der Waals surface area contributed by atoms with Gasteiger partial charge in [-0.05, 0) is 31.0 Å². The molecule has 0 spiro atoms. The van der Waals surface area contributed by atoms with Crippen LogP contribution in [0.3, 0.4) is 0 Å². The smallest absolute Gasteiger partial charge is 0.475 e. The van der Waals surface area contributed by atoms with Crippen LogP contribution in [-0.2, 0) is 33.8 Å². The number of nitrogens with one attached hydrogen (secondary N) is 1. The predicted octanol–water partition coefficient (Wildman–Crippen LogP) is 2.38. The van der Waals surface area contributed by atoms with Crippen LogP contribution in [0.1, 0.15) is 27.1 Å². The van der Waals surface area contributed by atoms with Crippen molar-refractivity contribution in [1.82, 2.24) is 20.0 Å². The number of nitrogens with zero attached hydrogens (tertiary/aromatic N) is 3. The van der Waals surface area contributed by atoms with Crippen molar-refractivity contribution in [1.29, 1.82) is 0 Å². The zero-order chi connectivity index (χ0) is 23.2. The Balaban J connectivity index is 0.000000423. The van der Waals surface area contributed by atoms with Crippen molar-refractivity contribution >= 4 is 23.2 Å². The van der Waals surface area contributed by atoms with Gasteiger partial charge in [-0.2, -0.15) is 18.3 Å². The first-order chi connectivity index (χ1) is 14.5. The third-order valence-electron chi connectivity index (χ3n) is 4.33. The van der Waals surface area contributed by atoms with Gasteiger partial charge in [0.25, 0.3) is 0 Å². The molecule has 0 bridgehead atoms. The van der Waals surface area contributed by atoms with E-state index in [0.717, 1.165) is 25.2 Å². The Labute approximate surface area is 181 Å². The maximum Gasteiger partial charge on any atom is 0.490 e. The Morgan fingerprint density at radius 1 is 1.39 bits per heavy atom. The molecule has 2 N–H and O–H groups in total. The van der Waals surface area contributed by atoms with Gasteiger partial charge in [-0.3, -0.25) is 9.48 Å². The van der Waals surface area contributed by atoms with E-state index in [0.29, 0.717) is 6.61 Å². The number of aromatic nitrogens is 2. The third kappa shape index (κ3) is 7.64. The van der Waals surface area contributed by atoms with Crippen LogP contribution in [0.15, 0.2) is 18.3 Å². The summed E-state index contributed by atoms with van der Waals surface area (Å²) in [7, 11) is 3.52. The van der Waals surface area contributed by atoms with Gasteiger partial charge in [0.05, 0.1) is 12.3 Å². The van der Waals surface area contributed by atoms with Gasteiger partial charge >= 0.3 is 12.1 Å². The minimum atomic E-state index is -5.08. The summed E-state index contributed by atoms with van der Waals surface area (Å²) in [5, 5.41) is 15.2. The van der Waals surface area contributed by atoms with E-state index in [1.807, 2.05) is 17.5 Å². The van der Waals surface area contributed by atoms with Crippen LogP contribution in [-0.4, -0.2) is 65.1 Å². The van der Waals surface area contributed by atoms with Gasteiger partial charge in [-0.15, -0.1) is 11.3 Å². The number of halogens is 3. The summed E-state index contributed by atoms with van der Waals surface area (Å²) in [5.41, 5.74) is 2.15. The van der Waals surface area contributed by atoms with Gasteiger partial charge in [-0.1, -0.05) is 0 Å². The van der Waals surface area contributed by atoms with E-state index in [1.54, 1.807) is 23.7 Å². The summed E-state index contributed by atoms with van der Waals surface area (Å²) < 4.78 is 39.4. The van der Waals surface area contributed by atoms with Crippen LogP contribution in [0.5, 0.6) is 0 Å². The molecule has 3 heterocycles. The fourth-order valence-electron chi connectivity index (χ4n) is 2.75. The second-order valence-electron chi connectivity index (χ2n) is 7.08. The Morgan fingerprint density at radius 2 is 2.06 bits per heavy atom. The molecule has 12 heteroatoms. The van der Waals surface area contributed by atoms with Crippen LogP contribution in [0, 0.1) is 6.92 Å². The Morgan fingerprint density at radius 3 is 2.61 bits per heavy atom. The largest absolute Gasteiger partial charge is 0.490 e. The number of aliphatic carboxylic acids is 1. The van der Waals surface area contributed by atoms with Crippen LogP contribution in [0.4, 0.5) is 13.2 Å². The molecule has 0 aromatic carbocycles. The highest BCUT2D eigenvalue weighted by atomic mass is 32.1. The number of carboxylic acids is 1. The summed E-state index contributed by atoms with van der Waals surface area (Å²) in [5.74, 6) is -2.72. The summed E-state index contributed by atoms with van der Waals surface area (Å²) in [4.78, 5) is 25.0. The molecule has 1 aliphatic rings. The molecule has 0 radical (unpaired) electrons. The lowest BCUT2D eigenvalue weighted by atomic mass is 10.1. The quantitative estimate of drug-likeness (QED) is 0.684. The zero-order valence-corrected chi connectivity index (χ0v) is 18.2. The zero-order valence-electron chi connectivity index (χ0n) is 17.4. The number of aryl methyl sites for hydroxylation is 1. The normalized spacial score (nSPS) is 15.6. The fourth-order valence-corrected chi connectivity index (χ4v) is 3.61. The van der Waals surface area contributed by atoms with Crippen LogP contribution in [0.25, 0.3) is 0 Å². The summed E-state index contributed by atoms with van der Waals surface area (Å²) >= 11 is 1.81. The highest BCUT2D eigenvalue weighted by molar-refractivity contribution is 7.11. The highest BCUT2D eigenvalue weighted by Gasteiger charge is 2.38. The molecule has 0 fully saturated rings. The van der Waals surface area contributed by atoms with E-state index in [2.05, 4.69) is 29.5 Å². The number of fused-ring (bicyclic) bond motifs is 1. The first-order valence-corrected chi connectivity index (χ1v) is 10.2. The first-order valence-electron chi connectivity index (χ1n) is 9.41. The maximum atomic E-state index is 11.9. The summed E-state index contributed by atoms with van der Waals surface area (Å²) in [6.45, 7) is 4.65. The van der Waals surface area contributed by atoms with Crippen molar-refractivity contribution in [3.05, 3.63) is 39.3 Å². The minimum Gasteiger partial charge on any atom is -0.475 e. The van der Waals surface area contributed by atoms with E-state index in [4.69, 9.17) is 14.6 Å². The number of rotatable bonds is 6. The Hall–Kier alpha value is -2.44. The molecule has 172 valence electrons. The summed E-state index contributed by atoms with van der Waals surface area (Å²) in [6.07, 6.45) is -2.30. The van der Waals surface area contributed by atoms with Crippen molar-refractivity contribution in [2.45, 2.75) is 38.7 Å². The van der Waals surface area contributed by atoms with Crippen molar-refractivity contribution in [2.75, 3.05) is 27.2 Å². The van der Waals surface area contributed by atoms with Crippen molar-refractivity contribution < 1.29 is 32.6 Å². The molecule has 31 heavy (non-hydrogen) atoms. The van der Waals surface area contributed by atoms with Gasteiger partial charge in [0, 0.05) is 43.1 Å². The highest BCUT2D eigenvalue weighted by Crippen LogP contribution is 2.25. The fraction of sp³-hybridized carbons (Fsp3) is 0.526. The number of thiophene rings is 1.